The fraction of sp³-hybridized carbons (Fsp3) is 0.429. The summed E-state index contributed by atoms with van der Waals surface area (Å²) in [6.45, 7) is 1.84. The largest absolute Gasteiger partial charge is 0.355 e. The number of likely N-dealkylation sites (N-methyl/N-ethyl adjacent to an activating group) is 1. The SMILES string of the molecule is CNCCNC(=O)CCCNC(=O)c1ccc(Cl)cc1.Cl. The number of halogens is 2. The minimum atomic E-state index is -0.155. The van der Waals surface area contributed by atoms with Gasteiger partial charge in [-0.1, -0.05) is 11.6 Å². The van der Waals surface area contributed by atoms with Crippen LogP contribution in [0.2, 0.25) is 5.02 Å². The van der Waals surface area contributed by atoms with Crippen molar-refractivity contribution in [1.82, 2.24) is 16.0 Å². The first kappa shape index (κ1) is 19.7. The third kappa shape index (κ3) is 8.55. The van der Waals surface area contributed by atoms with Crippen LogP contribution in [0.15, 0.2) is 24.3 Å². The molecule has 7 heteroatoms. The van der Waals surface area contributed by atoms with Crippen LogP contribution in [0.1, 0.15) is 23.2 Å². The topological polar surface area (TPSA) is 70.2 Å². The zero-order chi connectivity index (χ0) is 14.8. The second-order valence-electron chi connectivity index (χ2n) is 4.32. The Bertz CT molecular complexity index is 438. The van der Waals surface area contributed by atoms with Crippen LogP contribution in [0.3, 0.4) is 0 Å². The van der Waals surface area contributed by atoms with E-state index in [9.17, 15) is 9.59 Å². The van der Waals surface area contributed by atoms with Gasteiger partial charge in [0.15, 0.2) is 0 Å². The van der Waals surface area contributed by atoms with E-state index >= 15 is 0 Å². The van der Waals surface area contributed by atoms with Crippen molar-refractivity contribution in [2.45, 2.75) is 12.8 Å². The number of carbonyl (C=O) groups excluding carboxylic acids is 2. The predicted molar refractivity (Wildman–Crippen MR) is 87.2 cm³/mol. The van der Waals surface area contributed by atoms with Crippen LogP contribution in [0.5, 0.6) is 0 Å². The fourth-order valence-corrected chi connectivity index (χ4v) is 1.70. The second kappa shape index (κ2) is 11.4. The summed E-state index contributed by atoms with van der Waals surface area (Å²) in [5, 5.41) is 9.09. The van der Waals surface area contributed by atoms with E-state index in [4.69, 9.17) is 11.6 Å². The van der Waals surface area contributed by atoms with Gasteiger partial charge in [0.2, 0.25) is 5.91 Å². The van der Waals surface area contributed by atoms with Gasteiger partial charge in [-0.15, -0.1) is 12.4 Å². The summed E-state index contributed by atoms with van der Waals surface area (Å²) in [6, 6.07) is 6.68. The van der Waals surface area contributed by atoms with Crippen molar-refractivity contribution in [3.8, 4) is 0 Å². The monoisotopic (exact) mass is 333 g/mol. The summed E-state index contributed by atoms with van der Waals surface area (Å²) in [5.74, 6) is -0.154. The summed E-state index contributed by atoms with van der Waals surface area (Å²) in [6.07, 6.45) is 1.02. The van der Waals surface area contributed by atoms with Gasteiger partial charge in [-0.25, -0.2) is 0 Å². The fourth-order valence-electron chi connectivity index (χ4n) is 1.57. The molecule has 1 rings (SSSR count). The number of nitrogens with one attached hydrogen (secondary N) is 3. The quantitative estimate of drug-likeness (QED) is 0.633. The number of rotatable bonds is 8. The lowest BCUT2D eigenvalue weighted by atomic mass is 10.2. The summed E-state index contributed by atoms with van der Waals surface area (Å²) in [5.41, 5.74) is 0.563. The van der Waals surface area contributed by atoms with Crippen molar-refractivity contribution < 1.29 is 9.59 Å². The van der Waals surface area contributed by atoms with Gasteiger partial charge in [-0.2, -0.15) is 0 Å². The van der Waals surface area contributed by atoms with Crippen LogP contribution < -0.4 is 16.0 Å². The maximum absolute atomic E-state index is 11.7. The summed E-state index contributed by atoms with van der Waals surface area (Å²) in [7, 11) is 1.83. The van der Waals surface area contributed by atoms with Gasteiger partial charge in [0.25, 0.3) is 5.91 Å². The maximum Gasteiger partial charge on any atom is 0.251 e. The van der Waals surface area contributed by atoms with Gasteiger partial charge in [-0.3, -0.25) is 9.59 Å². The smallest absolute Gasteiger partial charge is 0.251 e. The lowest BCUT2D eigenvalue weighted by Gasteiger charge is -2.06. The molecule has 0 bridgehead atoms. The molecule has 0 aliphatic heterocycles. The van der Waals surface area contributed by atoms with Crippen LogP contribution in [-0.4, -0.2) is 38.5 Å². The highest BCUT2D eigenvalue weighted by Crippen LogP contribution is 2.09. The molecule has 0 heterocycles. The molecular weight excluding hydrogens is 313 g/mol. The van der Waals surface area contributed by atoms with Gasteiger partial charge < -0.3 is 16.0 Å². The Morgan fingerprint density at radius 1 is 1.05 bits per heavy atom. The van der Waals surface area contributed by atoms with E-state index in [0.29, 0.717) is 36.5 Å². The summed E-state index contributed by atoms with van der Waals surface area (Å²) in [4.78, 5) is 23.2. The molecule has 118 valence electrons. The Morgan fingerprint density at radius 2 is 1.71 bits per heavy atom. The third-order valence-corrected chi connectivity index (χ3v) is 2.92. The van der Waals surface area contributed by atoms with E-state index in [1.54, 1.807) is 24.3 Å². The number of hydrogen-bond acceptors (Lipinski definition) is 3. The first-order valence-corrected chi connectivity index (χ1v) is 6.96. The van der Waals surface area contributed by atoms with Gasteiger partial charge in [0.1, 0.15) is 0 Å². The molecule has 0 aliphatic carbocycles. The van der Waals surface area contributed by atoms with Gasteiger partial charge in [-0.05, 0) is 37.7 Å². The Balaban J connectivity index is 0.00000400. The van der Waals surface area contributed by atoms with Gasteiger partial charge >= 0.3 is 0 Å². The molecule has 0 saturated heterocycles. The first-order chi connectivity index (χ1) is 9.63. The Labute approximate surface area is 136 Å². The van der Waals surface area contributed by atoms with E-state index in [2.05, 4.69) is 16.0 Å². The summed E-state index contributed by atoms with van der Waals surface area (Å²) >= 11 is 5.75. The lowest BCUT2D eigenvalue weighted by Crippen LogP contribution is -2.31. The minimum absolute atomic E-state index is 0. The zero-order valence-electron chi connectivity index (χ0n) is 11.9. The molecule has 1 aromatic rings. The molecule has 0 aromatic heterocycles. The van der Waals surface area contributed by atoms with E-state index in [1.807, 2.05) is 7.05 Å². The molecule has 5 nitrogen and oxygen atoms in total. The highest BCUT2D eigenvalue weighted by Gasteiger charge is 2.05. The molecule has 21 heavy (non-hydrogen) atoms. The number of amides is 2. The molecular formula is C14H21Cl2N3O2. The Morgan fingerprint density at radius 3 is 2.33 bits per heavy atom. The lowest BCUT2D eigenvalue weighted by molar-refractivity contribution is -0.121. The molecule has 1 aromatic carbocycles. The van der Waals surface area contributed by atoms with Crippen molar-refractivity contribution in [3.05, 3.63) is 34.9 Å². The number of hydrogen-bond donors (Lipinski definition) is 3. The average molecular weight is 334 g/mol. The molecule has 0 unspecified atom stereocenters. The molecule has 0 fully saturated rings. The van der Waals surface area contributed by atoms with Crippen molar-refractivity contribution in [2.75, 3.05) is 26.7 Å². The molecule has 2 amide bonds. The van der Waals surface area contributed by atoms with Crippen molar-refractivity contribution >= 4 is 35.8 Å². The number of benzene rings is 1. The predicted octanol–water partition coefficient (Wildman–Crippen LogP) is 1.61. The van der Waals surface area contributed by atoms with Crippen LogP contribution in [0.25, 0.3) is 0 Å². The first-order valence-electron chi connectivity index (χ1n) is 6.58. The molecule has 0 atom stereocenters. The van der Waals surface area contributed by atoms with E-state index in [-0.39, 0.29) is 24.2 Å². The summed E-state index contributed by atoms with van der Waals surface area (Å²) < 4.78 is 0. The van der Waals surface area contributed by atoms with Crippen molar-refractivity contribution in [1.29, 1.82) is 0 Å². The molecule has 0 aliphatic rings. The molecule has 0 radical (unpaired) electrons. The van der Waals surface area contributed by atoms with Crippen LogP contribution in [0.4, 0.5) is 0 Å². The standard InChI is InChI=1S/C14H20ClN3O2.ClH/c1-16-9-10-17-13(19)3-2-8-18-14(20)11-4-6-12(15)7-5-11;/h4-7,16H,2-3,8-10H2,1H3,(H,17,19)(H,18,20);1H. The van der Waals surface area contributed by atoms with Crippen LogP contribution >= 0.6 is 24.0 Å². The third-order valence-electron chi connectivity index (χ3n) is 2.67. The normalized spacial score (nSPS) is 9.62. The van der Waals surface area contributed by atoms with Gasteiger partial charge in [0.05, 0.1) is 0 Å². The van der Waals surface area contributed by atoms with E-state index in [1.165, 1.54) is 0 Å². The maximum atomic E-state index is 11.7. The van der Waals surface area contributed by atoms with Crippen LogP contribution in [0, 0.1) is 0 Å². The Kier molecular flexibility index (Phi) is 10.7. The second-order valence-corrected chi connectivity index (χ2v) is 4.76. The van der Waals surface area contributed by atoms with Crippen LogP contribution in [-0.2, 0) is 4.79 Å². The van der Waals surface area contributed by atoms with E-state index < -0.39 is 0 Å². The zero-order valence-corrected chi connectivity index (χ0v) is 13.5. The van der Waals surface area contributed by atoms with Crippen molar-refractivity contribution in [2.24, 2.45) is 0 Å². The van der Waals surface area contributed by atoms with Gasteiger partial charge in [0, 0.05) is 36.6 Å². The highest BCUT2D eigenvalue weighted by molar-refractivity contribution is 6.30. The molecule has 0 spiro atoms. The molecule has 3 N–H and O–H groups in total. The highest BCUT2D eigenvalue weighted by atomic mass is 35.5. The minimum Gasteiger partial charge on any atom is -0.355 e. The number of carbonyl (C=O) groups is 2. The Hall–Kier alpha value is -1.30. The average Bonchev–Trinajstić information content (AvgIpc) is 2.44. The van der Waals surface area contributed by atoms with E-state index in [0.717, 1.165) is 6.54 Å². The molecule has 0 saturated carbocycles. The van der Waals surface area contributed by atoms with Crippen molar-refractivity contribution in [3.63, 3.8) is 0 Å².